The Morgan fingerprint density at radius 2 is 2.12 bits per heavy atom. The number of rotatable bonds is 6. The summed E-state index contributed by atoms with van der Waals surface area (Å²) in [7, 11) is 1.83. The van der Waals surface area contributed by atoms with Crippen molar-refractivity contribution in [2.75, 3.05) is 11.9 Å². The number of aryl methyl sites for hydroxylation is 1. The molecule has 0 amide bonds. The van der Waals surface area contributed by atoms with Crippen molar-refractivity contribution in [3.8, 4) is 5.75 Å². The number of ether oxygens (including phenoxy) is 1. The summed E-state index contributed by atoms with van der Waals surface area (Å²) < 4.78 is 7.35. The first-order chi connectivity index (χ1) is 11.5. The van der Waals surface area contributed by atoms with Gasteiger partial charge in [0.2, 0.25) is 0 Å². The van der Waals surface area contributed by atoms with Crippen molar-refractivity contribution in [2.45, 2.75) is 26.1 Å². The molecule has 3 rings (SSSR count). The Kier molecular flexibility index (Phi) is 4.61. The molecule has 0 fully saturated rings. The van der Waals surface area contributed by atoms with E-state index < -0.39 is 6.10 Å². The van der Waals surface area contributed by atoms with Crippen LogP contribution in [0.3, 0.4) is 0 Å². The number of hydrogen-bond donors (Lipinski definition) is 2. The maximum absolute atomic E-state index is 10.4. The minimum atomic E-state index is -0.678. The smallest absolute Gasteiger partial charge is 0.163 e. The number of hydrogen-bond acceptors (Lipinski definition) is 6. The normalized spacial score (nSPS) is 12.5. The zero-order chi connectivity index (χ0) is 17.1. The Morgan fingerprint density at radius 1 is 1.29 bits per heavy atom. The van der Waals surface area contributed by atoms with Gasteiger partial charge in [0.1, 0.15) is 17.9 Å². The predicted octanol–water partition coefficient (Wildman–Crippen LogP) is 2.30. The number of aliphatic hydroxyl groups is 1. The van der Waals surface area contributed by atoms with Crippen molar-refractivity contribution in [3.63, 3.8) is 0 Å². The van der Waals surface area contributed by atoms with Crippen LogP contribution >= 0.6 is 0 Å². The van der Waals surface area contributed by atoms with Gasteiger partial charge in [0, 0.05) is 13.6 Å². The molecule has 0 saturated heterocycles. The molecule has 1 aromatic carbocycles. The molecule has 1 unspecified atom stereocenters. The molecule has 2 aromatic heterocycles. The molecule has 7 heteroatoms. The van der Waals surface area contributed by atoms with Gasteiger partial charge in [-0.3, -0.25) is 4.68 Å². The van der Waals surface area contributed by atoms with Gasteiger partial charge < -0.3 is 15.2 Å². The number of fused-ring (bicyclic) bond motifs is 1. The molecule has 126 valence electrons. The van der Waals surface area contributed by atoms with E-state index in [9.17, 15) is 5.11 Å². The Hall–Kier alpha value is -2.67. The highest BCUT2D eigenvalue weighted by Crippen LogP contribution is 2.22. The van der Waals surface area contributed by atoms with Crippen molar-refractivity contribution in [1.29, 1.82) is 0 Å². The molecule has 2 heterocycles. The number of nitrogens with zero attached hydrogens (tertiary/aromatic N) is 4. The summed E-state index contributed by atoms with van der Waals surface area (Å²) >= 11 is 0. The van der Waals surface area contributed by atoms with Gasteiger partial charge >= 0.3 is 0 Å². The van der Waals surface area contributed by atoms with E-state index in [-0.39, 0.29) is 6.10 Å². The summed E-state index contributed by atoms with van der Waals surface area (Å²) in [5.74, 6) is 1.40. The largest absolute Gasteiger partial charge is 0.491 e. The Morgan fingerprint density at radius 3 is 2.92 bits per heavy atom. The maximum atomic E-state index is 10.4. The van der Waals surface area contributed by atoms with Gasteiger partial charge in [-0.1, -0.05) is 12.1 Å². The van der Waals surface area contributed by atoms with Crippen LogP contribution in [0.25, 0.3) is 11.0 Å². The quantitative estimate of drug-likeness (QED) is 0.722. The molecule has 7 nitrogen and oxygen atoms in total. The van der Waals surface area contributed by atoms with E-state index in [0.717, 1.165) is 22.3 Å². The van der Waals surface area contributed by atoms with Gasteiger partial charge in [-0.05, 0) is 31.5 Å². The summed E-state index contributed by atoms with van der Waals surface area (Å²) in [6, 6.07) is 7.48. The molecule has 1 atom stereocenters. The lowest BCUT2D eigenvalue weighted by atomic mass is 10.1. The minimum absolute atomic E-state index is 0.0930. The first kappa shape index (κ1) is 16.2. The van der Waals surface area contributed by atoms with Gasteiger partial charge in [0.15, 0.2) is 5.65 Å². The van der Waals surface area contributed by atoms with Crippen LogP contribution in [0.5, 0.6) is 5.75 Å². The Balaban J connectivity index is 1.72. The minimum Gasteiger partial charge on any atom is -0.491 e. The van der Waals surface area contributed by atoms with Crippen molar-refractivity contribution in [2.24, 2.45) is 7.05 Å². The molecule has 3 aromatic rings. The van der Waals surface area contributed by atoms with Crippen LogP contribution in [0.15, 0.2) is 36.8 Å². The molecule has 0 aliphatic carbocycles. The monoisotopic (exact) mass is 327 g/mol. The van der Waals surface area contributed by atoms with Crippen molar-refractivity contribution >= 4 is 16.9 Å². The van der Waals surface area contributed by atoms with Crippen LogP contribution < -0.4 is 10.1 Å². The average Bonchev–Trinajstić information content (AvgIpc) is 2.94. The van der Waals surface area contributed by atoms with Crippen LogP contribution in [0.2, 0.25) is 0 Å². The molecule has 0 aliphatic heterocycles. The third-order valence-electron chi connectivity index (χ3n) is 3.61. The predicted molar refractivity (Wildman–Crippen MR) is 92.0 cm³/mol. The fourth-order valence-electron chi connectivity index (χ4n) is 2.48. The van der Waals surface area contributed by atoms with Crippen LogP contribution in [0.4, 0.5) is 5.82 Å². The number of benzene rings is 1. The number of nitrogens with one attached hydrogen (secondary N) is 1. The number of aromatic nitrogens is 4. The van der Waals surface area contributed by atoms with E-state index in [1.165, 1.54) is 6.33 Å². The molecule has 0 bridgehead atoms. The third-order valence-corrected chi connectivity index (χ3v) is 3.61. The van der Waals surface area contributed by atoms with Gasteiger partial charge in [-0.2, -0.15) is 5.10 Å². The fraction of sp³-hybridized carbons (Fsp3) is 0.353. The summed E-state index contributed by atoms with van der Waals surface area (Å²) in [6.07, 6.45) is 2.61. The molecule has 24 heavy (non-hydrogen) atoms. The lowest BCUT2D eigenvalue weighted by molar-refractivity contribution is 0.190. The zero-order valence-corrected chi connectivity index (χ0v) is 14.0. The molecule has 2 N–H and O–H groups in total. The highest BCUT2D eigenvalue weighted by atomic mass is 16.5. The SMILES string of the molecule is CC(C)Oc1cccc(C(O)CNc2ncnc3c2cnn3C)c1. The van der Waals surface area contributed by atoms with Crippen molar-refractivity contribution in [1.82, 2.24) is 19.7 Å². The van der Waals surface area contributed by atoms with E-state index in [1.807, 2.05) is 45.2 Å². The standard InChI is InChI=1S/C17H21N5O2/c1-11(2)24-13-6-4-5-12(7-13)15(23)9-18-16-14-8-21-22(3)17(14)20-10-19-16/h4-8,10-11,15,23H,9H2,1-3H3,(H,18,19,20). The van der Waals surface area contributed by atoms with Crippen LogP contribution in [-0.2, 0) is 7.05 Å². The zero-order valence-electron chi connectivity index (χ0n) is 14.0. The second-order valence-electron chi connectivity index (χ2n) is 5.86. The number of anilines is 1. The van der Waals surface area contributed by atoms with Gasteiger partial charge in [-0.15, -0.1) is 0 Å². The molecular weight excluding hydrogens is 306 g/mol. The first-order valence-corrected chi connectivity index (χ1v) is 7.86. The highest BCUT2D eigenvalue weighted by molar-refractivity contribution is 5.85. The van der Waals surface area contributed by atoms with E-state index in [1.54, 1.807) is 10.9 Å². The third kappa shape index (κ3) is 3.46. The van der Waals surface area contributed by atoms with Crippen molar-refractivity contribution in [3.05, 3.63) is 42.4 Å². The summed E-state index contributed by atoms with van der Waals surface area (Å²) in [5, 5.41) is 18.6. The maximum Gasteiger partial charge on any atom is 0.163 e. The van der Waals surface area contributed by atoms with Crippen LogP contribution in [0.1, 0.15) is 25.5 Å². The van der Waals surface area contributed by atoms with E-state index in [4.69, 9.17) is 4.74 Å². The first-order valence-electron chi connectivity index (χ1n) is 7.86. The Labute approximate surface area is 140 Å². The van der Waals surface area contributed by atoms with Crippen LogP contribution in [0, 0.1) is 0 Å². The van der Waals surface area contributed by atoms with E-state index in [0.29, 0.717) is 12.4 Å². The summed E-state index contributed by atoms with van der Waals surface area (Å²) in [5.41, 5.74) is 1.53. The molecule has 0 saturated carbocycles. The second-order valence-corrected chi connectivity index (χ2v) is 5.86. The van der Waals surface area contributed by atoms with Crippen molar-refractivity contribution < 1.29 is 9.84 Å². The van der Waals surface area contributed by atoms with E-state index in [2.05, 4.69) is 20.4 Å². The second kappa shape index (κ2) is 6.84. The van der Waals surface area contributed by atoms with Gasteiger partial charge in [0.05, 0.1) is 23.8 Å². The average molecular weight is 327 g/mol. The molecule has 0 aliphatic rings. The summed E-state index contributed by atoms with van der Waals surface area (Å²) in [4.78, 5) is 8.43. The molecule has 0 radical (unpaired) electrons. The van der Waals surface area contributed by atoms with Gasteiger partial charge in [0.25, 0.3) is 0 Å². The topological polar surface area (TPSA) is 85.1 Å². The van der Waals surface area contributed by atoms with Gasteiger partial charge in [-0.25, -0.2) is 9.97 Å². The Bertz CT molecular complexity index is 831. The summed E-state index contributed by atoms with van der Waals surface area (Å²) in [6.45, 7) is 4.27. The lowest BCUT2D eigenvalue weighted by Crippen LogP contribution is -2.14. The van der Waals surface area contributed by atoms with Crippen LogP contribution in [-0.4, -0.2) is 37.5 Å². The lowest BCUT2D eigenvalue weighted by Gasteiger charge is -2.15. The number of aliphatic hydroxyl groups excluding tert-OH is 1. The molecule has 0 spiro atoms. The van der Waals surface area contributed by atoms with E-state index >= 15 is 0 Å². The highest BCUT2D eigenvalue weighted by Gasteiger charge is 2.12. The molecular formula is C17H21N5O2. The fourth-order valence-corrected chi connectivity index (χ4v) is 2.48.